The van der Waals surface area contributed by atoms with Gasteiger partial charge in [-0.15, -0.1) is 0 Å². The Morgan fingerprint density at radius 1 is 1.11 bits per heavy atom. The summed E-state index contributed by atoms with van der Waals surface area (Å²) in [5.41, 5.74) is 7.82. The molecule has 0 saturated heterocycles. The first-order valence-electron chi connectivity index (χ1n) is 5.23. The van der Waals surface area contributed by atoms with Crippen LogP contribution in [0.3, 0.4) is 0 Å². The molecule has 0 atom stereocenters. The fraction of sp³-hybridized carbons (Fsp3) is 0. The SMILES string of the molecule is Nc1cccc(Nc2ccccc2C(=O)O)c1Br. The molecule has 92 valence electrons. The Labute approximate surface area is 113 Å². The van der Waals surface area contributed by atoms with E-state index in [1.807, 2.05) is 6.07 Å². The third kappa shape index (κ3) is 2.46. The number of nitrogen functional groups attached to an aromatic ring is 1. The predicted octanol–water partition coefficient (Wildman–Crippen LogP) is 3.47. The van der Waals surface area contributed by atoms with Gasteiger partial charge in [-0.1, -0.05) is 18.2 Å². The first-order chi connectivity index (χ1) is 8.59. The molecule has 0 heterocycles. The summed E-state index contributed by atoms with van der Waals surface area (Å²) < 4.78 is 0.713. The van der Waals surface area contributed by atoms with Gasteiger partial charge in [-0.05, 0) is 40.2 Å². The van der Waals surface area contributed by atoms with Gasteiger partial charge in [0.2, 0.25) is 0 Å². The van der Waals surface area contributed by atoms with Gasteiger partial charge in [0.15, 0.2) is 0 Å². The molecule has 4 N–H and O–H groups in total. The fourth-order valence-corrected chi connectivity index (χ4v) is 1.93. The number of benzene rings is 2. The van der Waals surface area contributed by atoms with E-state index in [4.69, 9.17) is 10.8 Å². The lowest BCUT2D eigenvalue weighted by Crippen LogP contribution is -2.03. The van der Waals surface area contributed by atoms with Gasteiger partial charge in [0, 0.05) is 5.69 Å². The zero-order chi connectivity index (χ0) is 13.1. The summed E-state index contributed by atoms with van der Waals surface area (Å²) in [6.45, 7) is 0. The topological polar surface area (TPSA) is 75.3 Å². The van der Waals surface area contributed by atoms with E-state index in [1.165, 1.54) is 0 Å². The highest BCUT2D eigenvalue weighted by atomic mass is 79.9. The van der Waals surface area contributed by atoms with Gasteiger partial charge in [-0.25, -0.2) is 4.79 Å². The molecule has 0 bridgehead atoms. The van der Waals surface area contributed by atoms with Crippen LogP contribution in [-0.2, 0) is 0 Å². The molecule has 0 amide bonds. The molecule has 5 heteroatoms. The highest BCUT2D eigenvalue weighted by Gasteiger charge is 2.10. The third-order valence-electron chi connectivity index (χ3n) is 2.46. The van der Waals surface area contributed by atoms with Crippen LogP contribution in [0.5, 0.6) is 0 Å². The van der Waals surface area contributed by atoms with E-state index in [9.17, 15) is 4.79 Å². The Morgan fingerprint density at radius 2 is 1.78 bits per heavy atom. The van der Waals surface area contributed by atoms with Gasteiger partial charge in [-0.3, -0.25) is 0 Å². The number of hydrogen-bond donors (Lipinski definition) is 3. The summed E-state index contributed by atoms with van der Waals surface area (Å²) in [5.74, 6) is -0.974. The minimum absolute atomic E-state index is 0.215. The minimum Gasteiger partial charge on any atom is -0.478 e. The average Bonchev–Trinajstić information content (AvgIpc) is 2.35. The van der Waals surface area contributed by atoms with E-state index >= 15 is 0 Å². The Hall–Kier alpha value is -2.01. The second kappa shape index (κ2) is 5.10. The fourth-order valence-electron chi connectivity index (χ4n) is 1.57. The summed E-state index contributed by atoms with van der Waals surface area (Å²) in [7, 11) is 0. The van der Waals surface area contributed by atoms with Crippen LogP contribution in [0.15, 0.2) is 46.9 Å². The second-order valence-electron chi connectivity index (χ2n) is 3.68. The molecule has 0 aliphatic heterocycles. The first-order valence-corrected chi connectivity index (χ1v) is 6.02. The van der Waals surface area contributed by atoms with Crippen molar-refractivity contribution < 1.29 is 9.90 Å². The van der Waals surface area contributed by atoms with Gasteiger partial charge in [0.25, 0.3) is 0 Å². The Kier molecular flexibility index (Phi) is 3.53. The van der Waals surface area contributed by atoms with Crippen LogP contribution in [0, 0.1) is 0 Å². The van der Waals surface area contributed by atoms with Crippen molar-refractivity contribution in [2.45, 2.75) is 0 Å². The van der Waals surface area contributed by atoms with Crippen LogP contribution in [0.4, 0.5) is 17.1 Å². The normalized spacial score (nSPS) is 10.1. The van der Waals surface area contributed by atoms with Crippen molar-refractivity contribution in [2.75, 3.05) is 11.1 Å². The van der Waals surface area contributed by atoms with E-state index in [-0.39, 0.29) is 5.56 Å². The van der Waals surface area contributed by atoms with Crippen molar-refractivity contribution in [1.82, 2.24) is 0 Å². The lowest BCUT2D eigenvalue weighted by Gasteiger charge is -2.12. The number of carboxylic acid groups (broad SMARTS) is 1. The highest BCUT2D eigenvalue weighted by Crippen LogP contribution is 2.31. The largest absolute Gasteiger partial charge is 0.478 e. The molecule has 0 unspecified atom stereocenters. The number of carbonyl (C=O) groups is 1. The van der Waals surface area contributed by atoms with Crippen LogP contribution < -0.4 is 11.1 Å². The summed E-state index contributed by atoms with van der Waals surface area (Å²) in [6, 6.07) is 12.1. The van der Waals surface area contributed by atoms with Gasteiger partial charge in [-0.2, -0.15) is 0 Å². The van der Waals surface area contributed by atoms with Crippen LogP contribution in [0.25, 0.3) is 0 Å². The predicted molar refractivity (Wildman–Crippen MR) is 75.2 cm³/mol. The molecule has 0 spiro atoms. The minimum atomic E-state index is -0.974. The molecule has 0 aliphatic rings. The Bertz CT molecular complexity index is 599. The molecule has 2 aromatic carbocycles. The number of nitrogens with one attached hydrogen (secondary N) is 1. The van der Waals surface area contributed by atoms with Crippen molar-refractivity contribution in [3.63, 3.8) is 0 Å². The summed E-state index contributed by atoms with van der Waals surface area (Å²) in [5, 5.41) is 12.1. The summed E-state index contributed by atoms with van der Waals surface area (Å²) in [4.78, 5) is 11.1. The molecule has 2 rings (SSSR count). The summed E-state index contributed by atoms with van der Waals surface area (Å²) in [6.07, 6.45) is 0. The van der Waals surface area contributed by atoms with Gasteiger partial charge >= 0.3 is 5.97 Å². The zero-order valence-electron chi connectivity index (χ0n) is 9.35. The number of carboxylic acids is 1. The standard InChI is InChI=1S/C13H11BrN2O2/c14-12-9(15)5-3-7-11(12)16-10-6-2-1-4-8(10)13(17)18/h1-7,16H,15H2,(H,17,18). The smallest absolute Gasteiger partial charge is 0.337 e. The number of halogens is 1. The van der Waals surface area contributed by atoms with Crippen LogP contribution in [0.2, 0.25) is 0 Å². The van der Waals surface area contributed by atoms with E-state index < -0.39 is 5.97 Å². The van der Waals surface area contributed by atoms with Crippen molar-refractivity contribution in [3.8, 4) is 0 Å². The van der Waals surface area contributed by atoms with Crippen LogP contribution in [-0.4, -0.2) is 11.1 Å². The molecule has 2 aromatic rings. The van der Waals surface area contributed by atoms with Crippen LogP contribution >= 0.6 is 15.9 Å². The number of para-hydroxylation sites is 1. The van der Waals surface area contributed by atoms with E-state index in [0.717, 1.165) is 5.69 Å². The molecule has 0 saturated carbocycles. The third-order valence-corrected chi connectivity index (χ3v) is 3.34. The van der Waals surface area contributed by atoms with Crippen LogP contribution in [0.1, 0.15) is 10.4 Å². The number of rotatable bonds is 3. The number of aromatic carboxylic acids is 1. The Morgan fingerprint density at radius 3 is 2.50 bits per heavy atom. The zero-order valence-corrected chi connectivity index (χ0v) is 10.9. The molecule has 0 radical (unpaired) electrons. The molecule has 4 nitrogen and oxygen atoms in total. The number of hydrogen-bond acceptors (Lipinski definition) is 3. The maximum atomic E-state index is 11.1. The lowest BCUT2D eigenvalue weighted by atomic mass is 10.1. The van der Waals surface area contributed by atoms with Crippen molar-refractivity contribution in [1.29, 1.82) is 0 Å². The van der Waals surface area contributed by atoms with Crippen molar-refractivity contribution >= 4 is 39.0 Å². The average molecular weight is 307 g/mol. The maximum absolute atomic E-state index is 11.1. The van der Waals surface area contributed by atoms with E-state index in [2.05, 4.69) is 21.2 Å². The molecule has 0 fully saturated rings. The highest BCUT2D eigenvalue weighted by molar-refractivity contribution is 9.10. The molecule has 18 heavy (non-hydrogen) atoms. The van der Waals surface area contributed by atoms with Gasteiger partial charge in [0.1, 0.15) is 0 Å². The maximum Gasteiger partial charge on any atom is 0.337 e. The monoisotopic (exact) mass is 306 g/mol. The first kappa shape index (κ1) is 12.4. The number of anilines is 3. The van der Waals surface area contributed by atoms with Crippen molar-refractivity contribution in [3.05, 3.63) is 52.5 Å². The summed E-state index contributed by atoms with van der Waals surface area (Å²) >= 11 is 3.36. The quantitative estimate of drug-likeness (QED) is 0.759. The van der Waals surface area contributed by atoms with Gasteiger partial charge in [0.05, 0.1) is 21.4 Å². The Balaban J connectivity index is 2.40. The van der Waals surface area contributed by atoms with Crippen molar-refractivity contribution in [2.24, 2.45) is 0 Å². The van der Waals surface area contributed by atoms with E-state index in [1.54, 1.807) is 36.4 Å². The lowest BCUT2D eigenvalue weighted by molar-refractivity contribution is 0.0698. The van der Waals surface area contributed by atoms with Gasteiger partial charge < -0.3 is 16.2 Å². The molecule has 0 aromatic heterocycles. The van der Waals surface area contributed by atoms with E-state index in [0.29, 0.717) is 15.8 Å². The second-order valence-corrected chi connectivity index (χ2v) is 4.48. The molecular weight excluding hydrogens is 296 g/mol. The molecule has 0 aliphatic carbocycles. The molecular formula is C13H11BrN2O2. The number of nitrogens with two attached hydrogens (primary N) is 1.